The third-order valence-electron chi connectivity index (χ3n) is 2.38. The predicted molar refractivity (Wildman–Crippen MR) is 81.9 cm³/mol. The van der Waals surface area contributed by atoms with Crippen LogP contribution in [0.3, 0.4) is 0 Å². The SMILES string of the molecule is C[C@@](O)(CBr)C(=O)Nc1ccc(C#N)c(CI)c1. The lowest BCUT2D eigenvalue weighted by Crippen LogP contribution is -2.41. The summed E-state index contributed by atoms with van der Waals surface area (Å²) in [4.78, 5) is 11.8. The largest absolute Gasteiger partial charge is 0.379 e. The Hall–Kier alpha value is -0.650. The van der Waals surface area contributed by atoms with E-state index in [1.165, 1.54) is 6.92 Å². The number of nitrogens with one attached hydrogen (secondary N) is 1. The van der Waals surface area contributed by atoms with E-state index in [1.54, 1.807) is 18.2 Å². The fourth-order valence-electron chi connectivity index (χ4n) is 1.22. The highest BCUT2D eigenvalue weighted by molar-refractivity contribution is 14.1. The van der Waals surface area contributed by atoms with E-state index in [0.717, 1.165) is 5.56 Å². The zero-order valence-corrected chi connectivity index (χ0v) is 13.4. The van der Waals surface area contributed by atoms with Gasteiger partial charge in [0, 0.05) is 15.4 Å². The van der Waals surface area contributed by atoms with Gasteiger partial charge >= 0.3 is 0 Å². The standard InChI is InChI=1S/C12H12BrIN2O2/c1-12(18,7-13)11(17)16-10-3-2-8(6-15)9(4-10)5-14/h2-4,18H,5,7H2,1H3,(H,16,17)/t12-/m1/s1. The molecule has 1 aromatic rings. The lowest BCUT2D eigenvalue weighted by Gasteiger charge is -2.19. The summed E-state index contributed by atoms with van der Waals surface area (Å²) in [5.74, 6) is -0.483. The van der Waals surface area contributed by atoms with Crippen molar-refractivity contribution >= 4 is 50.1 Å². The Kier molecular flexibility index (Phi) is 5.56. The fraction of sp³-hybridized carbons (Fsp3) is 0.333. The van der Waals surface area contributed by atoms with Crippen LogP contribution >= 0.6 is 38.5 Å². The van der Waals surface area contributed by atoms with Gasteiger partial charge in [0.05, 0.1) is 11.6 Å². The van der Waals surface area contributed by atoms with Crippen molar-refractivity contribution in [3.63, 3.8) is 0 Å². The molecule has 0 aromatic heterocycles. The third-order valence-corrected chi connectivity index (χ3v) is 4.29. The van der Waals surface area contributed by atoms with E-state index in [4.69, 9.17) is 5.26 Å². The van der Waals surface area contributed by atoms with Crippen molar-refractivity contribution in [3.8, 4) is 6.07 Å². The second kappa shape index (κ2) is 6.50. The van der Waals surface area contributed by atoms with Gasteiger partial charge < -0.3 is 10.4 Å². The van der Waals surface area contributed by atoms with Crippen LogP contribution in [0.5, 0.6) is 0 Å². The number of hydrogen-bond acceptors (Lipinski definition) is 3. The average molecular weight is 423 g/mol. The van der Waals surface area contributed by atoms with Crippen LogP contribution in [0.2, 0.25) is 0 Å². The van der Waals surface area contributed by atoms with Crippen molar-refractivity contribution in [3.05, 3.63) is 29.3 Å². The molecule has 1 aromatic carbocycles. The maximum absolute atomic E-state index is 11.8. The Bertz CT molecular complexity index is 497. The summed E-state index contributed by atoms with van der Waals surface area (Å²) in [5, 5.41) is 21.5. The van der Waals surface area contributed by atoms with Crippen molar-refractivity contribution in [1.29, 1.82) is 5.26 Å². The Morgan fingerprint density at radius 1 is 1.67 bits per heavy atom. The van der Waals surface area contributed by atoms with E-state index >= 15 is 0 Å². The Labute approximate surface area is 128 Å². The molecule has 18 heavy (non-hydrogen) atoms. The monoisotopic (exact) mass is 422 g/mol. The molecule has 0 aliphatic rings. The van der Waals surface area contributed by atoms with Gasteiger partial charge in [0.25, 0.3) is 5.91 Å². The Balaban J connectivity index is 2.94. The van der Waals surface area contributed by atoms with Gasteiger partial charge in [-0.25, -0.2) is 0 Å². The zero-order chi connectivity index (χ0) is 13.8. The Morgan fingerprint density at radius 2 is 2.33 bits per heavy atom. The smallest absolute Gasteiger partial charge is 0.256 e. The number of amides is 1. The van der Waals surface area contributed by atoms with Gasteiger partial charge in [-0.05, 0) is 30.7 Å². The average Bonchev–Trinajstić information content (AvgIpc) is 2.38. The number of carbonyl (C=O) groups excluding carboxylic acids is 1. The molecule has 1 atom stereocenters. The van der Waals surface area contributed by atoms with Gasteiger partial charge in [-0.1, -0.05) is 38.5 Å². The van der Waals surface area contributed by atoms with Crippen molar-refractivity contribution < 1.29 is 9.90 Å². The molecule has 0 saturated heterocycles. The highest BCUT2D eigenvalue weighted by atomic mass is 127. The number of hydrogen-bond donors (Lipinski definition) is 2. The van der Waals surface area contributed by atoms with Crippen LogP contribution in [0.1, 0.15) is 18.1 Å². The quantitative estimate of drug-likeness (QED) is 0.578. The normalized spacial score (nSPS) is 13.5. The summed E-state index contributed by atoms with van der Waals surface area (Å²) in [6.07, 6.45) is 0. The first-order valence-electron chi connectivity index (χ1n) is 5.13. The molecule has 0 radical (unpaired) electrons. The molecule has 6 heteroatoms. The summed E-state index contributed by atoms with van der Waals surface area (Å²) in [6, 6.07) is 7.15. The summed E-state index contributed by atoms with van der Waals surface area (Å²) < 4.78 is 0.680. The van der Waals surface area contributed by atoms with E-state index in [0.29, 0.717) is 15.7 Å². The highest BCUT2D eigenvalue weighted by Gasteiger charge is 2.28. The van der Waals surface area contributed by atoms with Gasteiger partial charge in [0.1, 0.15) is 5.60 Å². The first-order valence-corrected chi connectivity index (χ1v) is 7.78. The van der Waals surface area contributed by atoms with Gasteiger partial charge in [-0.15, -0.1) is 0 Å². The first-order chi connectivity index (χ1) is 8.44. The number of alkyl halides is 2. The number of rotatable bonds is 4. The molecule has 4 nitrogen and oxygen atoms in total. The molecule has 0 spiro atoms. The second-order valence-corrected chi connectivity index (χ2v) is 5.30. The number of nitrogens with zero attached hydrogens (tertiary/aromatic N) is 1. The van der Waals surface area contributed by atoms with E-state index in [1.807, 2.05) is 0 Å². The molecule has 0 saturated carbocycles. The van der Waals surface area contributed by atoms with Gasteiger partial charge in [0.2, 0.25) is 0 Å². The number of anilines is 1. The van der Waals surface area contributed by atoms with Crippen molar-refractivity contribution in [2.24, 2.45) is 0 Å². The number of halogens is 2. The van der Waals surface area contributed by atoms with E-state index in [2.05, 4.69) is 49.9 Å². The number of carbonyl (C=O) groups is 1. The minimum Gasteiger partial charge on any atom is -0.379 e. The predicted octanol–water partition coefficient (Wildman–Crippen LogP) is 2.58. The molecule has 0 aliphatic heterocycles. The van der Waals surface area contributed by atoms with Crippen LogP contribution in [0.25, 0.3) is 0 Å². The number of aliphatic hydroxyl groups is 1. The zero-order valence-electron chi connectivity index (χ0n) is 9.70. The second-order valence-electron chi connectivity index (χ2n) is 3.98. The molecule has 0 fully saturated rings. The van der Waals surface area contributed by atoms with Gasteiger partial charge in [0.15, 0.2) is 0 Å². The van der Waals surface area contributed by atoms with E-state index < -0.39 is 11.5 Å². The highest BCUT2D eigenvalue weighted by Crippen LogP contribution is 2.19. The van der Waals surface area contributed by atoms with Crippen LogP contribution in [0.4, 0.5) is 5.69 Å². The number of benzene rings is 1. The molecule has 1 amide bonds. The summed E-state index contributed by atoms with van der Waals surface area (Å²) >= 11 is 5.24. The van der Waals surface area contributed by atoms with Crippen LogP contribution in [-0.2, 0) is 9.22 Å². The van der Waals surface area contributed by atoms with Crippen LogP contribution in [-0.4, -0.2) is 21.9 Å². The summed E-state index contributed by atoms with van der Waals surface area (Å²) in [5.41, 5.74) is 0.564. The summed E-state index contributed by atoms with van der Waals surface area (Å²) in [6.45, 7) is 1.43. The topological polar surface area (TPSA) is 73.1 Å². The molecular weight excluding hydrogens is 411 g/mol. The van der Waals surface area contributed by atoms with Crippen molar-refractivity contribution in [1.82, 2.24) is 0 Å². The fourth-order valence-corrected chi connectivity index (χ4v) is 2.10. The Morgan fingerprint density at radius 3 is 2.83 bits per heavy atom. The van der Waals surface area contributed by atoms with Crippen LogP contribution in [0.15, 0.2) is 18.2 Å². The van der Waals surface area contributed by atoms with Crippen molar-refractivity contribution in [2.75, 3.05) is 10.6 Å². The minimum atomic E-state index is -1.46. The van der Waals surface area contributed by atoms with E-state index in [-0.39, 0.29) is 5.33 Å². The lowest BCUT2D eigenvalue weighted by molar-refractivity contribution is -0.130. The van der Waals surface area contributed by atoms with Crippen molar-refractivity contribution in [2.45, 2.75) is 17.0 Å². The minimum absolute atomic E-state index is 0.154. The summed E-state index contributed by atoms with van der Waals surface area (Å²) in [7, 11) is 0. The molecule has 0 heterocycles. The molecule has 2 N–H and O–H groups in total. The maximum Gasteiger partial charge on any atom is 0.256 e. The van der Waals surface area contributed by atoms with E-state index in [9.17, 15) is 9.90 Å². The molecule has 0 aliphatic carbocycles. The molecular formula is C12H12BrIN2O2. The number of nitriles is 1. The molecule has 0 bridgehead atoms. The molecule has 96 valence electrons. The first kappa shape index (κ1) is 15.4. The van der Waals surface area contributed by atoms with Gasteiger partial charge in [-0.3, -0.25) is 4.79 Å². The van der Waals surface area contributed by atoms with Gasteiger partial charge in [-0.2, -0.15) is 5.26 Å². The maximum atomic E-state index is 11.8. The van der Waals surface area contributed by atoms with Crippen LogP contribution in [0, 0.1) is 11.3 Å². The van der Waals surface area contributed by atoms with Crippen LogP contribution < -0.4 is 5.32 Å². The lowest BCUT2D eigenvalue weighted by atomic mass is 10.1. The molecule has 0 unspecified atom stereocenters. The third kappa shape index (κ3) is 3.67. The molecule has 1 rings (SSSR count).